The highest BCUT2D eigenvalue weighted by atomic mass is 16.5. The van der Waals surface area contributed by atoms with Crippen LogP contribution in [-0.2, 0) is 4.74 Å². The SMILES string of the molecule is CCN[C@H]1CCCCCC[C@H]1OCC. The van der Waals surface area contributed by atoms with Crippen molar-refractivity contribution in [2.75, 3.05) is 13.2 Å². The van der Waals surface area contributed by atoms with Crippen LogP contribution in [0.3, 0.4) is 0 Å². The second kappa shape index (κ2) is 7.24. The smallest absolute Gasteiger partial charge is 0.0727 e. The van der Waals surface area contributed by atoms with Gasteiger partial charge in [-0.3, -0.25) is 0 Å². The first-order valence-electron chi connectivity index (χ1n) is 6.23. The van der Waals surface area contributed by atoms with Gasteiger partial charge in [0.25, 0.3) is 0 Å². The lowest BCUT2D eigenvalue weighted by Crippen LogP contribution is -2.42. The predicted molar refractivity (Wildman–Crippen MR) is 60.6 cm³/mol. The van der Waals surface area contributed by atoms with E-state index in [1.165, 1.54) is 38.5 Å². The number of hydrogen-bond acceptors (Lipinski definition) is 2. The molecule has 2 heteroatoms. The Morgan fingerprint density at radius 1 is 1.07 bits per heavy atom. The molecule has 1 aliphatic carbocycles. The maximum Gasteiger partial charge on any atom is 0.0727 e. The lowest BCUT2D eigenvalue weighted by atomic mass is 9.94. The van der Waals surface area contributed by atoms with Crippen molar-refractivity contribution >= 4 is 0 Å². The Hall–Kier alpha value is -0.0800. The quantitative estimate of drug-likeness (QED) is 0.751. The van der Waals surface area contributed by atoms with E-state index in [0.29, 0.717) is 12.1 Å². The third-order valence-corrected chi connectivity index (χ3v) is 3.05. The molecule has 14 heavy (non-hydrogen) atoms. The molecule has 2 nitrogen and oxygen atoms in total. The van der Waals surface area contributed by atoms with Gasteiger partial charge in [-0.25, -0.2) is 0 Å². The minimum absolute atomic E-state index is 0.459. The fourth-order valence-corrected chi connectivity index (χ4v) is 2.36. The van der Waals surface area contributed by atoms with Gasteiger partial charge in [-0.2, -0.15) is 0 Å². The third kappa shape index (κ3) is 3.97. The van der Waals surface area contributed by atoms with Crippen LogP contribution in [0.15, 0.2) is 0 Å². The van der Waals surface area contributed by atoms with Crippen LogP contribution in [-0.4, -0.2) is 25.3 Å². The average Bonchev–Trinajstić information content (AvgIpc) is 2.16. The van der Waals surface area contributed by atoms with E-state index in [0.717, 1.165) is 13.2 Å². The zero-order chi connectivity index (χ0) is 10.2. The molecule has 0 spiro atoms. The Labute approximate surface area is 88.4 Å². The molecule has 1 fully saturated rings. The number of rotatable bonds is 4. The highest BCUT2D eigenvalue weighted by Gasteiger charge is 2.21. The monoisotopic (exact) mass is 199 g/mol. The molecular formula is C12H25NO. The molecular weight excluding hydrogens is 174 g/mol. The zero-order valence-corrected chi connectivity index (χ0v) is 9.72. The predicted octanol–water partition coefficient (Wildman–Crippen LogP) is 2.72. The van der Waals surface area contributed by atoms with Gasteiger partial charge in [-0.1, -0.05) is 32.6 Å². The van der Waals surface area contributed by atoms with Gasteiger partial charge in [0, 0.05) is 12.6 Å². The van der Waals surface area contributed by atoms with E-state index in [1.54, 1.807) is 0 Å². The summed E-state index contributed by atoms with van der Waals surface area (Å²) in [6, 6.07) is 0.597. The van der Waals surface area contributed by atoms with Crippen LogP contribution in [0.2, 0.25) is 0 Å². The molecule has 0 aromatic rings. The average molecular weight is 199 g/mol. The van der Waals surface area contributed by atoms with Gasteiger partial charge >= 0.3 is 0 Å². The molecule has 0 unspecified atom stereocenters. The van der Waals surface area contributed by atoms with E-state index in [1.807, 2.05) is 0 Å². The fourth-order valence-electron chi connectivity index (χ4n) is 2.36. The number of likely N-dealkylation sites (N-methyl/N-ethyl adjacent to an activating group) is 1. The second-order valence-electron chi connectivity index (χ2n) is 4.15. The molecule has 1 aliphatic rings. The normalized spacial score (nSPS) is 29.6. The first-order chi connectivity index (χ1) is 6.88. The molecule has 1 N–H and O–H groups in total. The molecule has 0 radical (unpaired) electrons. The first-order valence-corrected chi connectivity index (χ1v) is 6.23. The van der Waals surface area contributed by atoms with Crippen molar-refractivity contribution in [2.24, 2.45) is 0 Å². The van der Waals surface area contributed by atoms with Crippen LogP contribution in [0.25, 0.3) is 0 Å². The Balaban J connectivity index is 2.42. The highest BCUT2D eigenvalue weighted by Crippen LogP contribution is 2.20. The lowest BCUT2D eigenvalue weighted by molar-refractivity contribution is 0.0213. The van der Waals surface area contributed by atoms with Crippen molar-refractivity contribution in [3.63, 3.8) is 0 Å². The van der Waals surface area contributed by atoms with Crippen LogP contribution < -0.4 is 5.32 Å². The summed E-state index contributed by atoms with van der Waals surface area (Å²) in [4.78, 5) is 0. The zero-order valence-electron chi connectivity index (χ0n) is 9.72. The number of ether oxygens (including phenoxy) is 1. The van der Waals surface area contributed by atoms with Crippen LogP contribution in [0.4, 0.5) is 0 Å². The molecule has 0 bridgehead atoms. The Morgan fingerprint density at radius 2 is 1.79 bits per heavy atom. The van der Waals surface area contributed by atoms with E-state index in [2.05, 4.69) is 19.2 Å². The summed E-state index contributed by atoms with van der Waals surface area (Å²) < 4.78 is 5.82. The summed E-state index contributed by atoms with van der Waals surface area (Å²) in [5.74, 6) is 0. The van der Waals surface area contributed by atoms with Crippen molar-refractivity contribution in [1.29, 1.82) is 0 Å². The molecule has 0 amide bonds. The highest BCUT2D eigenvalue weighted by molar-refractivity contribution is 4.78. The van der Waals surface area contributed by atoms with Crippen LogP contribution in [0.5, 0.6) is 0 Å². The van der Waals surface area contributed by atoms with Crippen molar-refractivity contribution in [3.8, 4) is 0 Å². The molecule has 1 rings (SSSR count). The van der Waals surface area contributed by atoms with Crippen molar-refractivity contribution in [2.45, 2.75) is 64.5 Å². The van der Waals surface area contributed by atoms with Gasteiger partial charge in [-0.05, 0) is 26.3 Å². The molecule has 0 heterocycles. The molecule has 0 aromatic heterocycles. The minimum atomic E-state index is 0.459. The first kappa shape index (κ1) is 12.0. The van der Waals surface area contributed by atoms with E-state index < -0.39 is 0 Å². The van der Waals surface area contributed by atoms with Crippen molar-refractivity contribution < 1.29 is 4.74 Å². The summed E-state index contributed by atoms with van der Waals surface area (Å²) in [5, 5.41) is 3.56. The molecule has 0 aliphatic heterocycles. The number of hydrogen-bond donors (Lipinski definition) is 1. The van der Waals surface area contributed by atoms with E-state index in [4.69, 9.17) is 4.74 Å². The van der Waals surface area contributed by atoms with Gasteiger partial charge in [0.05, 0.1) is 6.10 Å². The standard InChI is InChI=1S/C12H25NO/c1-3-13-11-9-7-5-6-8-10-12(11)14-4-2/h11-13H,3-10H2,1-2H3/t11-,12+/m0/s1. The summed E-state index contributed by atoms with van der Waals surface area (Å²) in [6.07, 6.45) is 8.49. The Kier molecular flexibility index (Phi) is 6.20. The Morgan fingerprint density at radius 3 is 2.43 bits per heavy atom. The van der Waals surface area contributed by atoms with Gasteiger partial charge < -0.3 is 10.1 Å². The maximum absolute atomic E-state index is 5.82. The van der Waals surface area contributed by atoms with E-state index in [9.17, 15) is 0 Å². The summed E-state index contributed by atoms with van der Waals surface area (Å²) in [5.41, 5.74) is 0. The second-order valence-corrected chi connectivity index (χ2v) is 4.15. The van der Waals surface area contributed by atoms with Crippen LogP contribution >= 0.6 is 0 Å². The molecule has 1 saturated carbocycles. The number of nitrogens with one attached hydrogen (secondary N) is 1. The summed E-state index contributed by atoms with van der Waals surface area (Å²) >= 11 is 0. The minimum Gasteiger partial charge on any atom is -0.377 e. The van der Waals surface area contributed by atoms with Gasteiger partial charge in [0.15, 0.2) is 0 Å². The lowest BCUT2D eigenvalue weighted by Gasteiger charge is -2.29. The van der Waals surface area contributed by atoms with E-state index in [-0.39, 0.29) is 0 Å². The van der Waals surface area contributed by atoms with Crippen LogP contribution in [0, 0.1) is 0 Å². The van der Waals surface area contributed by atoms with Crippen LogP contribution in [0.1, 0.15) is 52.4 Å². The van der Waals surface area contributed by atoms with Crippen molar-refractivity contribution in [1.82, 2.24) is 5.32 Å². The third-order valence-electron chi connectivity index (χ3n) is 3.05. The van der Waals surface area contributed by atoms with Gasteiger partial charge in [-0.15, -0.1) is 0 Å². The summed E-state index contributed by atoms with van der Waals surface area (Å²) in [6.45, 7) is 6.20. The summed E-state index contributed by atoms with van der Waals surface area (Å²) in [7, 11) is 0. The Bertz CT molecular complexity index is 122. The van der Waals surface area contributed by atoms with Gasteiger partial charge in [0.1, 0.15) is 0 Å². The van der Waals surface area contributed by atoms with Gasteiger partial charge in [0.2, 0.25) is 0 Å². The van der Waals surface area contributed by atoms with E-state index >= 15 is 0 Å². The molecule has 0 saturated heterocycles. The maximum atomic E-state index is 5.82. The largest absolute Gasteiger partial charge is 0.377 e. The molecule has 0 aromatic carbocycles. The fraction of sp³-hybridized carbons (Fsp3) is 1.00. The molecule has 84 valence electrons. The van der Waals surface area contributed by atoms with Crippen molar-refractivity contribution in [3.05, 3.63) is 0 Å². The molecule has 2 atom stereocenters. The topological polar surface area (TPSA) is 21.3 Å².